The first kappa shape index (κ1) is 18.7. The molecule has 1 aliphatic carbocycles. The van der Waals surface area contributed by atoms with Crippen molar-refractivity contribution in [2.24, 2.45) is 0 Å². The van der Waals surface area contributed by atoms with Crippen molar-refractivity contribution in [1.82, 2.24) is 15.2 Å². The van der Waals surface area contributed by atoms with Gasteiger partial charge in [0, 0.05) is 25.2 Å². The number of carbonyl (C=O) groups is 2. The highest BCUT2D eigenvalue weighted by Gasteiger charge is 2.42. The fourth-order valence-electron chi connectivity index (χ4n) is 3.93. The maximum absolute atomic E-state index is 14.5. The standard InChI is InChI=1S/C21H21F2N3O2/c22-21(23,13-26-19(27)15-7-1-2-8-16(15)20(26)28)10-12-24-17-9-3-5-14-6-4-11-25-18(14)17/h1-2,4,6-8,11,17,24H,3,5,9-10,12-13H2. The van der Waals surface area contributed by atoms with E-state index in [1.54, 1.807) is 18.3 Å². The van der Waals surface area contributed by atoms with Gasteiger partial charge in [0.1, 0.15) is 0 Å². The summed E-state index contributed by atoms with van der Waals surface area (Å²) >= 11 is 0. The van der Waals surface area contributed by atoms with Gasteiger partial charge in [0.15, 0.2) is 0 Å². The molecule has 4 rings (SSSR count). The van der Waals surface area contributed by atoms with Crippen LogP contribution in [-0.4, -0.2) is 40.7 Å². The number of imide groups is 1. The smallest absolute Gasteiger partial charge is 0.267 e. The summed E-state index contributed by atoms with van der Waals surface area (Å²) < 4.78 is 29.0. The molecule has 0 bridgehead atoms. The predicted octanol–water partition coefficient (Wildman–Crippen LogP) is 3.37. The van der Waals surface area contributed by atoms with Crippen LogP contribution in [0.1, 0.15) is 57.3 Å². The molecular formula is C21H21F2N3O2. The van der Waals surface area contributed by atoms with Gasteiger partial charge in [-0.05, 0) is 43.0 Å². The minimum atomic E-state index is -3.16. The summed E-state index contributed by atoms with van der Waals surface area (Å²) in [6.07, 6.45) is 4.06. The van der Waals surface area contributed by atoms with Gasteiger partial charge < -0.3 is 5.32 Å². The molecule has 1 aliphatic heterocycles. The molecule has 0 fully saturated rings. The molecule has 0 radical (unpaired) electrons. The van der Waals surface area contributed by atoms with Crippen LogP contribution < -0.4 is 5.32 Å². The number of hydrogen-bond acceptors (Lipinski definition) is 4. The summed E-state index contributed by atoms with van der Waals surface area (Å²) in [5.41, 5.74) is 2.46. The lowest BCUT2D eigenvalue weighted by atomic mass is 9.92. The number of nitrogens with zero attached hydrogens (tertiary/aromatic N) is 2. The van der Waals surface area contributed by atoms with Crippen molar-refractivity contribution in [2.45, 2.75) is 37.6 Å². The number of aromatic nitrogens is 1. The van der Waals surface area contributed by atoms with E-state index in [4.69, 9.17) is 0 Å². The minimum absolute atomic E-state index is 0.0416. The van der Waals surface area contributed by atoms with Gasteiger partial charge >= 0.3 is 0 Å². The first-order valence-electron chi connectivity index (χ1n) is 9.46. The molecule has 1 aromatic carbocycles. The zero-order valence-corrected chi connectivity index (χ0v) is 15.3. The van der Waals surface area contributed by atoms with E-state index >= 15 is 0 Å². The second kappa shape index (κ2) is 7.39. The third kappa shape index (κ3) is 3.54. The molecule has 1 N–H and O–H groups in total. The molecule has 0 spiro atoms. The lowest BCUT2D eigenvalue weighted by molar-refractivity contribution is -0.0292. The molecule has 5 nitrogen and oxygen atoms in total. The number of carbonyl (C=O) groups excluding carboxylic acids is 2. The molecule has 2 amide bonds. The first-order chi connectivity index (χ1) is 13.5. The van der Waals surface area contributed by atoms with Crippen LogP contribution >= 0.6 is 0 Å². The summed E-state index contributed by atoms with van der Waals surface area (Å²) in [6, 6.07) is 10.1. The fraction of sp³-hybridized carbons (Fsp3) is 0.381. The predicted molar refractivity (Wildman–Crippen MR) is 99.3 cm³/mol. The number of aryl methyl sites for hydroxylation is 1. The van der Waals surface area contributed by atoms with E-state index in [2.05, 4.69) is 10.3 Å². The van der Waals surface area contributed by atoms with Gasteiger partial charge in [-0.15, -0.1) is 0 Å². The number of benzene rings is 1. The molecule has 2 aliphatic rings. The second-order valence-electron chi connectivity index (χ2n) is 7.29. The van der Waals surface area contributed by atoms with Crippen LogP contribution in [0.25, 0.3) is 0 Å². The van der Waals surface area contributed by atoms with E-state index in [1.165, 1.54) is 12.1 Å². The Kier molecular flexibility index (Phi) is 4.93. The zero-order chi connectivity index (χ0) is 19.7. The normalized spacial score (nSPS) is 18.9. The number of fused-ring (bicyclic) bond motifs is 2. The second-order valence-corrected chi connectivity index (χ2v) is 7.29. The molecule has 1 aromatic heterocycles. The van der Waals surface area contributed by atoms with Crippen LogP contribution in [0.5, 0.6) is 0 Å². The highest BCUT2D eigenvalue weighted by atomic mass is 19.3. The summed E-state index contributed by atoms with van der Waals surface area (Å²) in [6.45, 7) is -0.822. The van der Waals surface area contributed by atoms with Crippen molar-refractivity contribution in [3.05, 3.63) is 65.0 Å². The van der Waals surface area contributed by atoms with E-state index in [0.29, 0.717) is 4.90 Å². The van der Waals surface area contributed by atoms with E-state index < -0.39 is 30.7 Å². The third-order valence-electron chi connectivity index (χ3n) is 5.34. The SMILES string of the molecule is O=C1c2ccccc2C(=O)N1CC(F)(F)CCNC1CCCc2cccnc21. The average molecular weight is 385 g/mol. The number of pyridine rings is 1. The Morgan fingerprint density at radius 3 is 2.54 bits per heavy atom. The van der Waals surface area contributed by atoms with Crippen molar-refractivity contribution in [3.8, 4) is 0 Å². The molecule has 1 atom stereocenters. The Morgan fingerprint density at radius 1 is 1.11 bits per heavy atom. The maximum Gasteiger partial charge on any atom is 0.267 e. The van der Waals surface area contributed by atoms with Crippen LogP contribution in [0.15, 0.2) is 42.6 Å². The van der Waals surface area contributed by atoms with Crippen molar-refractivity contribution in [2.75, 3.05) is 13.1 Å². The molecule has 0 saturated carbocycles. The first-order valence-corrected chi connectivity index (χ1v) is 9.46. The Balaban J connectivity index is 1.36. The highest BCUT2D eigenvalue weighted by molar-refractivity contribution is 6.21. The van der Waals surface area contributed by atoms with Gasteiger partial charge in [-0.3, -0.25) is 19.5 Å². The van der Waals surface area contributed by atoms with Crippen LogP contribution in [0.4, 0.5) is 8.78 Å². The molecule has 0 saturated heterocycles. The third-order valence-corrected chi connectivity index (χ3v) is 5.34. The monoisotopic (exact) mass is 385 g/mol. The van der Waals surface area contributed by atoms with Gasteiger partial charge in [-0.25, -0.2) is 8.78 Å². The van der Waals surface area contributed by atoms with Crippen molar-refractivity contribution in [3.63, 3.8) is 0 Å². The Labute approximate surface area is 161 Å². The zero-order valence-electron chi connectivity index (χ0n) is 15.3. The molecule has 2 aromatic rings. The largest absolute Gasteiger partial charge is 0.308 e. The lowest BCUT2D eigenvalue weighted by Gasteiger charge is -2.27. The Hall–Kier alpha value is -2.67. The van der Waals surface area contributed by atoms with E-state index in [1.807, 2.05) is 12.1 Å². The topological polar surface area (TPSA) is 62.3 Å². The number of halogens is 2. The van der Waals surface area contributed by atoms with Gasteiger partial charge in [-0.1, -0.05) is 18.2 Å². The summed E-state index contributed by atoms with van der Waals surface area (Å²) in [5, 5.41) is 3.17. The number of nitrogens with one attached hydrogen (secondary N) is 1. The van der Waals surface area contributed by atoms with Crippen molar-refractivity contribution in [1.29, 1.82) is 0 Å². The van der Waals surface area contributed by atoms with E-state index in [9.17, 15) is 18.4 Å². The summed E-state index contributed by atoms with van der Waals surface area (Å²) in [7, 11) is 0. The molecule has 1 unspecified atom stereocenters. The summed E-state index contributed by atoms with van der Waals surface area (Å²) in [4.78, 5) is 29.6. The molecule has 7 heteroatoms. The Morgan fingerprint density at radius 2 is 1.82 bits per heavy atom. The van der Waals surface area contributed by atoms with Crippen LogP contribution in [-0.2, 0) is 6.42 Å². The summed E-state index contributed by atoms with van der Waals surface area (Å²) in [5.74, 6) is -4.47. The van der Waals surface area contributed by atoms with Crippen molar-refractivity contribution < 1.29 is 18.4 Å². The number of rotatable bonds is 6. The number of alkyl halides is 2. The van der Waals surface area contributed by atoms with E-state index in [-0.39, 0.29) is 23.7 Å². The van der Waals surface area contributed by atoms with E-state index in [0.717, 1.165) is 30.5 Å². The average Bonchev–Trinajstić information content (AvgIpc) is 2.93. The number of hydrogen-bond donors (Lipinski definition) is 1. The van der Waals surface area contributed by atoms with Crippen molar-refractivity contribution >= 4 is 11.8 Å². The highest BCUT2D eigenvalue weighted by Crippen LogP contribution is 2.30. The maximum atomic E-state index is 14.5. The van der Waals surface area contributed by atoms with Crippen LogP contribution in [0.3, 0.4) is 0 Å². The van der Waals surface area contributed by atoms with Gasteiger partial charge in [-0.2, -0.15) is 0 Å². The van der Waals surface area contributed by atoms with Crippen LogP contribution in [0, 0.1) is 0 Å². The van der Waals surface area contributed by atoms with Gasteiger partial charge in [0.2, 0.25) is 0 Å². The molecular weight excluding hydrogens is 364 g/mol. The van der Waals surface area contributed by atoms with Gasteiger partial charge in [0.05, 0.1) is 23.4 Å². The quantitative estimate of drug-likeness (QED) is 0.775. The number of amides is 2. The molecule has 28 heavy (non-hydrogen) atoms. The lowest BCUT2D eigenvalue weighted by Crippen LogP contribution is -2.42. The minimum Gasteiger partial charge on any atom is -0.308 e. The molecule has 146 valence electrons. The fourth-order valence-corrected chi connectivity index (χ4v) is 3.93. The Bertz CT molecular complexity index is 881. The van der Waals surface area contributed by atoms with Gasteiger partial charge in [0.25, 0.3) is 17.7 Å². The molecule has 2 heterocycles. The van der Waals surface area contributed by atoms with Crippen LogP contribution in [0.2, 0.25) is 0 Å².